The number of anilines is 1. The average molecular weight is 542 g/mol. The molecule has 0 radical (unpaired) electrons. The van der Waals surface area contributed by atoms with Gasteiger partial charge in [-0.2, -0.15) is 5.10 Å². The third kappa shape index (κ3) is 6.07. The van der Waals surface area contributed by atoms with Crippen LogP contribution in [0, 0.1) is 5.92 Å². The minimum Gasteiger partial charge on any atom is -0.466 e. The van der Waals surface area contributed by atoms with E-state index >= 15 is 0 Å². The van der Waals surface area contributed by atoms with Crippen molar-refractivity contribution in [2.75, 3.05) is 12.0 Å². The summed E-state index contributed by atoms with van der Waals surface area (Å²) in [5.74, 6) is -0.312. The molecule has 3 aromatic carbocycles. The molecule has 0 bridgehead atoms. The summed E-state index contributed by atoms with van der Waals surface area (Å²) in [5, 5.41) is 6.02. The standard InChI is InChI=1S/C32H32ClN3O3/c1-35-30-15-14-24(18-27(30)20-34-35)25-12-13-26(29(33)19-25)21-36(32(38)23-8-4-3-5-9-23)28-10-6-7-22(17-28)11-16-31(37)39-2/h6-7,10-20,23H,3-5,8-9,21H2,1-2H3/b16-11+. The first-order chi connectivity index (χ1) is 18.9. The highest BCUT2D eigenvalue weighted by Gasteiger charge is 2.27. The van der Waals surface area contributed by atoms with E-state index in [1.165, 1.54) is 19.6 Å². The van der Waals surface area contributed by atoms with Gasteiger partial charge in [0.05, 0.1) is 25.4 Å². The molecule has 0 atom stereocenters. The van der Waals surface area contributed by atoms with Crippen molar-refractivity contribution in [1.82, 2.24) is 9.78 Å². The van der Waals surface area contributed by atoms with Gasteiger partial charge < -0.3 is 9.64 Å². The fourth-order valence-electron chi connectivity index (χ4n) is 5.26. The molecule has 0 unspecified atom stereocenters. The van der Waals surface area contributed by atoms with E-state index in [0.717, 1.165) is 64.5 Å². The Labute approximate surface area is 233 Å². The second kappa shape index (κ2) is 11.9. The molecule has 1 aromatic heterocycles. The molecule has 0 saturated heterocycles. The first kappa shape index (κ1) is 26.7. The molecule has 0 N–H and O–H groups in total. The maximum Gasteiger partial charge on any atom is 0.330 e. The number of hydrogen-bond acceptors (Lipinski definition) is 4. The summed E-state index contributed by atoms with van der Waals surface area (Å²) in [6, 6.07) is 19.9. The van der Waals surface area contributed by atoms with Crippen LogP contribution in [0.5, 0.6) is 0 Å². The Kier molecular flexibility index (Phi) is 8.13. The lowest BCUT2D eigenvalue weighted by molar-refractivity contribution is -0.134. The zero-order valence-electron chi connectivity index (χ0n) is 22.3. The highest BCUT2D eigenvalue weighted by atomic mass is 35.5. The Morgan fingerprint density at radius 3 is 2.59 bits per heavy atom. The molecule has 4 aromatic rings. The predicted molar refractivity (Wildman–Crippen MR) is 156 cm³/mol. The summed E-state index contributed by atoms with van der Waals surface area (Å²) in [5.41, 5.74) is 5.61. The quantitative estimate of drug-likeness (QED) is 0.183. The smallest absolute Gasteiger partial charge is 0.330 e. The van der Waals surface area contributed by atoms with E-state index in [2.05, 4.69) is 29.4 Å². The van der Waals surface area contributed by atoms with Crippen LogP contribution < -0.4 is 4.90 Å². The van der Waals surface area contributed by atoms with Crippen molar-refractivity contribution in [2.45, 2.75) is 38.6 Å². The van der Waals surface area contributed by atoms with Gasteiger partial charge >= 0.3 is 5.97 Å². The van der Waals surface area contributed by atoms with Crippen molar-refractivity contribution in [3.05, 3.63) is 89.1 Å². The summed E-state index contributed by atoms with van der Waals surface area (Å²) in [6.45, 7) is 0.361. The number of amides is 1. The number of aromatic nitrogens is 2. The number of hydrogen-bond donors (Lipinski definition) is 0. The number of rotatable bonds is 7. The Balaban J connectivity index is 1.45. The van der Waals surface area contributed by atoms with Crippen molar-refractivity contribution in [3.63, 3.8) is 0 Å². The van der Waals surface area contributed by atoms with E-state index in [-0.39, 0.29) is 11.8 Å². The van der Waals surface area contributed by atoms with Gasteiger partial charge in [-0.1, -0.05) is 61.2 Å². The Hall–Kier alpha value is -3.90. The third-order valence-corrected chi connectivity index (χ3v) is 7.83. The van der Waals surface area contributed by atoms with Crippen molar-refractivity contribution < 1.29 is 14.3 Å². The van der Waals surface area contributed by atoms with E-state index in [1.807, 2.05) is 59.2 Å². The molecule has 1 heterocycles. The van der Waals surface area contributed by atoms with Crippen molar-refractivity contribution in [3.8, 4) is 11.1 Å². The third-order valence-electron chi connectivity index (χ3n) is 7.48. The number of aryl methyl sites for hydroxylation is 1. The average Bonchev–Trinajstić information content (AvgIpc) is 3.35. The summed E-state index contributed by atoms with van der Waals surface area (Å²) >= 11 is 6.84. The lowest BCUT2D eigenvalue weighted by Gasteiger charge is -2.30. The van der Waals surface area contributed by atoms with Gasteiger partial charge in [0.15, 0.2) is 0 Å². The van der Waals surface area contributed by atoms with Crippen LogP contribution in [0.25, 0.3) is 28.1 Å². The SMILES string of the molecule is COC(=O)/C=C/c1cccc(N(Cc2ccc(-c3ccc4c(cnn4C)c3)cc2Cl)C(=O)C2CCCCC2)c1. The molecule has 1 aliphatic rings. The van der Waals surface area contributed by atoms with Gasteiger partial charge in [0, 0.05) is 35.1 Å². The van der Waals surface area contributed by atoms with Crippen molar-refractivity contribution in [2.24, 2.45) is 13.0 Å². The van der Waals surface area contributed by atoms with Crippen LogP contribution in [0.4, 0.5) is 5.69 Å². The van der Waals surface area contributed by atoms with Gasteiger partial charge in [-0.25, -0.2) is 4.79 Å². The number of carbonyl (C=O) groups excluding carboxylic acids is 2. The maximum atomic E-state index is 13.8. The number of fused-ring (bicyclic) bond motifs is 1. The number of ether oxygens (including phenoxy) is 1. The topological polar surface area (TPSA) is 64.4 Å². The van der Waals surface area contributed by atoms with Crippen molar-refractivity contribution in [1.29, 1.82) is 0 Å². The van der Waals surface area contributed by atoms with Crippen LogP contribution in [0.1, 0.15) is 43.2 Å². The summed E-state index contributed by atoms with van der Waals surface area (Å²) < 4.78 is 6.57. The minimum absolute atomic E-state index is 0.00252. The summed E-state index contributed by atoms with van der Waals surface area (Å²) in [7, 11) is 3.28. The van der Waals surface area contributed by atoms with Gasteiger partial charge in [-0.3, -0.25) is 9.48 Å². The highest BCUT2D eigenvalue weighted by Crippen LogP contribution is 2.32. The van der Waals surface area contributed by atoms with Gasteiger partial charge in [0.25, 0.3) is 0 Å². The molecule has 0 spiro atoms. The van der Waals surface area contributed by atoms with E-state index < -0.39 is 5.97 Å². The van der Waals surface area contributed by atoms with E-state index in [0.29, 0.717) is 11.6 Å². The molecular weight excluding hydrogens is 510 g/mol. The molecule has 1 amide bonds. The molecule has 0 aliphatic heterocycles. The lowest BCUT2D eigenvalue weighted by Crippen LogP contribution is -2.36. The van der Waals surface area contributed by atoms with Gasteiger partial charge in [-0.05, 0) is 71.5 Å². The molecule has 6 nitrogen and oxygen atoms in total. The second-order valence-electron chi connectivity index (χ2n) is 10.1. The van der Waals surface area contributed by atoms with Gasteiger partial charge in [0.1, 0.15) is 0 Å². The van der Waals surface area contributed by atoms with Gasteiger partial charge in [-0.15, -0.1) is 0 Å². The van der Waals surface area contributed by atoms with E-state index in [1.54, 1.807) is 6.08 Å². The molecule has 7 heteroatoms. The fourth-order valence-corrected chi connectivity index (χ4v) is 5.50. The van der Waals surface area contributed by atoms with Gasteiger partial charge in [0.2, 0.25) is 5.91 Å². The molecule has 1 aliphatic carbocycles. The number of carbonyl (C=O) groups is 2. The highest BCUT2D eigenvalue weighted by molar-refractivity contribution is 6.31. The van der Waals surface area contributed by atoms with Crippen LogP contribution in [0.2, 0.25) is 5.02 Å². The molecule has 5 rings (SSSR count). The van der Waals surface area contributed by atoms with Crippen LogP contribution in [0.15, 0.2) is 72.9 Å². The van der Waals surface area contributed by atoms with Crippen LogP contribution in [-0.4, -0.2) is 28.8 Å². The minimum atomic E-state index is -0.426. The molecule has 1 saturated carbocycles. The Morgan fingerprint density at radius 1 is 1.05 bits per heavy atom. The van der Waals surface area contributed by atoms with Crippen LogP contribution in [0.3, 0.4) is 0 Å². The zero-order chi connectivity index (χ0) is 27.4. The normalized spacial score (nSPS) is 14.1. The predicted octanol–water partition coefficient (Wildman–Crippen LogP) is 7.19. The number of halogens is 1. The number of nitrogens with zero attached hydrogens (tertiary/aromatic N) is 3. The molecule has 39 heavy (non-hydrogen) atoms. The molecule has 1 fully saturated rings. The van der Waals surface area contributed by atoms with E-state index in [4.69, 9.17) is 16.3 Å². The Morgan fingerprint density at radius 2 is 1.82 bits per heavy atom. The Bertz CT molecular complexity index is 1530. The second-order valence-corrected chi connectivity index (χ2v) is 10.5. The summed E-state index contributed by atoms with van der Waals surface area (Å²) in [4.78, 5) is 27.3. The molecule has 200 valence electrons. The van der Waals surface area contributed by atoms with E-state index in [9.17, 15) is 9.59 Å². The zero-order valence-corrected chi connectivity index (χ0v) is 23.0. The number of methoxy groups -OCH3 is 1. The fraction of sp³-hybridized carbons (Fsp3) is 0.281. The van der Waals surface area contributed by atoms with Crippen molar-refractivity contribution >= 4 is 46.1 Å². The first-order valence-corrected chi connectivity index (χ1v) is 13.7. The maximum absolute atomic E-state index is 13.8. The number of benzene rings is 3. The largest absolute Gasteiger partial charge is 0.466 e. The first-order valence-electron chi connectivity index (χ1n) is 13.3. The monoisotopic (exact) mass is 541 g/mol. The van der Waals surface area contributed by atoms with Crippen LogP contribution in [-0.2, 0) is 27.9 Å². The lowest BCUT2D eigenvalue weighted by atomic mass is 9.88. The molecular formula is C32H32ClN3O3. The summed E-state index contributed by atoms with van der Waals surface area (Å²) in [6.07, 6.45) is 10.1. The van der Waals surface area contributed by atoms with Crippen LogP contribution >= 0.6 is 11.6 Å². The number of esters is 1.